The third kappa shape index (κ3) is 3.31. The van der Waals surface area contributed by atoms with Gasteiger partial charge in [0.25, 0.3) is 0 Å². The Hall–Kier alpha value is -1.98. The molecule has 2 heterocycles. The lowest BCUT2D eigenvalue weighted by atomic mass is 10.1. The van der Waals surface area contributed by atoms with Gasteiger partial charge < -0.3 is 5.32 Å². The summed E-state index contributed by atoms with van der Waals surface area (Å²) < 4.78 is 0. The van der Waals surface area contributed by atoms with Crippen molar-refractivity contribution in [1.29, 1.82) is 0 Å². The molecule has 0 saturated carbocycles. The minimum atomic E-state index is 0.0208. The molecule has 0 amide bonds. The Morgan fingerprint density at radius 1 is 1.05 bits per heavy atom. The topological polar surface area (TPSA) is 79.4 Å². The zero-order valence-corrected chi connectivity index (χ0v) is 12.7. The van der Waals surface area contributed by atoms with Crippen molar-refractivity contribution in [2.45, 2.75) is 52.5 Å². The molecule has 0 radical (unpaired) electrons. The van der Waals surface area contributed by atoms with Gasteiger partial charge in [0.05, 0.1) is 6.04 Å². The van der Waals surface area contributed by atoms with Gasteiger partial charge in [-0.15, -0.1) is 0 Å². The van der Waals surface area contributed by atoms with Crippen LogP contribution in [-0.4, -0.2) is 25.1 Å². The molecule has 0 aliphatic heterocycles. The van der Waals surface area contributed by atoms with Crippen LogP contribution in [0.4, 0.5) is 5.82 Å². The maximum Gasteiger partial charge on any atom is 0.146 e. The molecular weight excluding hydrogens is 252 g/mol. The summed E-state index contributed by atoms with van der Waals surface area (Å²) in [5.74, 6) is 3.16. The highest BCUT2D eigenvalue weighted by atomic mass is 15.2. The molecule has 0 saturated heterocycles. The SMILES string of the molecule is CC(C)c1cc(NC(C)c2ncn[nH]2)nc(C(C)C)n1. The number of hydrogen-bond donors (Lipinski definition) is 2. The van der Waals surface area contributed by atoms with Crippen molar-refractivity contribution in [3.63, 3.8) is 0 Å². The second-order valence-corrected chi connectivity index (χ2v) is 5.58. The van der Waals surface area contributed by atoms with Crippen molar-refractivity contribution in [2.75, 3.05) is 5.32 Å². The maximum absolute atomic E-state index is 4.62. The van der Waals surface area contributed by atoms with Gasteiger partial charge in [0.2, 0.25) is 0 Å². The molecule has 0 bridgehead atoms. The van der Waals surface area contributed by atoms with Crippen LogP contribution in [0.25, 0.3) is 0 Å². The van der Waals surface area contributed by atoms with E-state index in [1.54, 1.807) is 0 Å². The first-order valence-corrected chi connectivity index (χ1v) is 6.98. The quantitative estimate of drug-likeness (QED) is 0.876. The molecule has 0 fully saturated rings. The predicted octanol–water partition coefficient (Wildman–Crippen LogP) is 3.01. The smallest absolute Gasteiger partial charge is 0.146 e. The van der Waals surface area contributed by atoms with Crippen LogP contribution in [0.3, 0.4) is 0 Å². The van der Waals surface area contributed by atoms with Crippen LogP contribution in [0.1, 0.15) is 69.8 Å². The minimum Gasteiger partial charge on any atom is -0.360 e. The fraction of sp³-hybridized carbons (Fsp3) is 0.571. The van der Waals surface area contributed by atoms with Crippen LogP contribution in [0, 0.1) is 0 Å². The molecule has 20 heavy (non-hydrogen) atoms. The summed E-state index contributed by atoms with van der Waals surface area (Å²) >= 11 is 0. The lowest BCUT2D eigenvalue weighted by Gasteiger charge is -2.16. The van der Waals surface area contributed by atoms with Crippen LogP contribution < -0.4 is 5.32 Å². The van der Waals surface area contributed by atoms with E-state index in [0.717, 1.165) is 23.2 Å². The molecular formula is C14H22N6. The summed E-state index contributed by atoms with van der Waals surface area (Å²) in [5, 5.41) is 10.1. The number of hydrogen-bond acceptors (Lipinski definition) is 5. The van der Waals surface area contributed by atoms with Crippen molar-refractivity contribution in [2.24, 2.45) is 0 Å². The summed E-state index contributed by atoms with van der Waals surface area (Å²) in [5.41, 5.74) is 1.05. The van der Waals surface area contributed by atoms with E-state index in [0.29, 0.717) is 11.8 Å². The Bertz CT molecular complexity index is 521. The Kier molecular flexibility index (Phi) is 4.32. The number of H-pyrrole nitrogens is 1. The Morgan fingerprint density at radius 2 is 1.80 bits per heavy atom. The zero-order valence-electron chi connectivity index (χ0n) is 12.7. The highest BCUT2D eigenvalue weighted by Gasteiger charge is 2.13. The van der Waals surface area contributed by atoms with Gasteiger partial charge >= 0.3 is 0 Å². The summed E-state index contributed by atoms with van der Waals surface area (Å²) in [4.78, 5) is 13.4. The number of nitrogens with zero attached hydrogens (tertiary/aromatic N) is 4. The molecule has 6 nitrogen and oxygen atoms in total. The minimum absolute atomic E-state index is 0.0208. The Labute approximate surface area is 119 Å². The van der Waals surface area contributed by atoms with Gasteiger partial charge in [-0.25, -0.2) is 15.0 Å². The van der Waals surface area contributed by atoms with Gasteiger partial charge in [0.1, 0.15) is 23.8 Å². The maximum atomic E-state index is 4.62. The predicted molar refractivity (Wildman–Crippen MR) is 78.6 cm³/mol. The lowest BCUT2D eigenvalue weighted by molar-refractivity contribution is 0.721. The molecule has 2 aromatic rings. The van der Waals surface area contributed by atoms with Crippen LogP contribution in [0.5, 0.6) is 0 Å². The molecule has 0 aliphatic carbocycles. The van der Waals surface area contributed by atoms with E-state index in [9.17, 15) is 0 Å². The van der Waals surface area contributed by atoms with E-state index < -0.39 is 0 Å². The van der Waals surface area contributed by atoms with Crippen molar-refractivity contribution in [3.8, 4) is 0 Å². The van der Waals surface area contributed by atoms with E-state index in [4.69, 9.17) is 0 Å². The number of nitrogens with one attached hydrogen (secondary N) is 2. The average molecular weight is 274 g/mol. The fourth-order valence-corrected chi connectivity index (χ4v) is 1.83. The van der Waals surface area contributed by atoms with Gasteiger partial charge in [-0.3, -0.25) is 5.10 Å². The van der Waals surface area contributed by atoms with Gasteiger partial charge in [0, 0.05) is 17.7 Å². The molecule has 0 spiro atoms. The van der Waals surface area contributed by atoms with E-state index >= 15 is 0 Å². The summed E-state index contributed by atoms with van der Waals surface area (Å²) in [7, 11) is 0. The summed E-state index contributed by atoms with van der Waals surface area (Å²) in [6.07, 6.45) is 1.51. The van der Waals surface area contributed by atoms with Crippen LogP contribution in [-0.2, 0) is 0 Å². The zero-order chi connectivity index (χ0) is 14.7. The van der Waals surface area contributed by atoms with Crippen molar-refractivity contribution in [1.82, 2.24) is 25.1 Å². The van der Waals surface area contributed by atoms with E-state index in [-0.39, 0.29) is 6.04 Å². The molecule has 0 aliphatic rings. The van der Waals surface area contributed by atoms with Crippen molar-refractivity contribution in [3.05, 3.63) is 29.7 Å². The normalized spacial score (nSPS) is 12.9. The van der Waals surface area contributed by atoms with Crippen LogP contribution in [0.2, 0.25) is 0 Å². The molecule has 2 N–H and O–H groups in total. The first-order valence-electron chi connectivity index (χ1n) is 6.98. The third-order valence-electron chi connectivity index (χ3n) is 3.08. The highest BCUT2D eigenvalue weighted by molar-refractivity contribution is 5.39. The largest absolute Gasteiger partial charge is 0.360 e. The molecule has 2 aromatic heterocycles. The Balaban J connectivity index is 2.26. The second-order valence-electron chi connectivity index (χ2n) is 5.58. The first-order chi connectivity index (χ1) is 9.47. The summed E-state index contributed by atoms with van der Waals surface area (Å²) in [6, 6.07) is 2.02. The number of anilines is 1. The molecule has 2 rings (SSSR count). The molecule has 0 aromatic carbocycles. The van der Waals surface area contributed by atoms with E-state index in [1.165, 1.54) is 6.33 Å². The third-order valence-corrected chi connectivity index (χ3v) is 3.08. The lowest BCUT2D eigenvalue weighted by Crippen LogP contribution is -2.12. The number of rotatable bonds is 5. The average Bonchev–Trinajstić information content (AvgIpc) is 2.92. The van der Waals surface area contributed by atoms with Crippen molar-refractivity contribution < 1.29 is 0 Å². The molecule has 108 valence electrons. The fourth-order valence-electron chi connectivity index (χ4n) is 1.83. The summed E-state index contributed by atoms with van der Waals surface area (Å²) in [6.45, 7) is 10.5. The highest BCUT2D eigenvalue weighted by Crippen LogP contribution is 2.21. The van der Waals surface area contributed by atoms with E-state index in [1.807, 2.05) is 13.0 Å². The molecule has 6 heteroatoms. The molecule has 1 atom stereocenters. The van der Waals surface area contributed by atoms with Gasteiger partial charge in [-0.2, -0.15) is 5.10 Å². The van der Waals surface area contributed by atoms with Gasteiger partial charge in [0.15, 0.2) is 0 Å². The van der Waals surface area contributed by atoms with Gasteiger partial charge in [-0.05, 0) is 12.8 Å². The monoisotopic (exact) mass is 274 g/mol. The first kappa shape index (κ1) is 14.4. The second kappa shape index (κ2) is 5.98. The van der Waals surface area contributed by atoms with Gasteiger partial charge in [-0.1, -0.05) is 27.7 Å². The Morgan fingerprint density at radius 3 is 2.35 bits per heavy atom. The number of aromatic nitrogens is 5. The van der Waals surface area contributed by atoms with Crippen LogP contribution in [0.15, 0.2) is 12.4 Å². The molecule has 1 unspecified atom stereocenters. The van der Waals surface area contributed by atoms with Crippen LogP contribution >= 0.6 is 0 Å². The van der Waals surface area contributed by atoms with E-state index in [2.05, 4.69) is 58.2 Å². The number of aromatic amines is 1. The van der Waals surface area contributed by atoms with Crippen molar-refractivity contribution >= 4 is 5.82 Å². The standard InChI is InChI=1S/C14H22N6/c1-8(2)11-6-12(19-13(18-11)9(3)4)17-10(5)14-15-7-16-20-14/h6-10H,1-5H3,(H,15,16,20)(H,17,18,19).